The molecule has 1 aliphatic rings. The van der Waals surface area contributed by atoms with E-state index < -0.39 is 0 Å². The number of carbonyl (C=O) groups excluding carboxylic acids is 1. The summed E-state index contributed by atoms with van der Waals surface area (Å²) in [4.78, 5) is 13.9. The van der Waals surface area contributed by atoms with Crippen LogP contribution in [0.4, 0.5) is 0 Å². The molecular weight excluding hydrogens is 236 g/mol. The SMILES string of the molecule is CCCC(C)(CC)NCCCN(C)C(=O)C1CCC1. The minimum Gasteiger partial charge on any atom is -0.345 e. The van der Waals surface area contributed by atoms with Gasteiger partial charge in [-0.25, -0.2) is 0 Å². The van der Waals surface area contributed by atoms with E-state index in [9.17, 15) is 4.79 Å². The standard InChI is InChI=1S/C16H32N2O/c1-5-11-16(3,6-2)17-12-8-13-18(4)15(19)14-9-7-10-14/h14,17H,5-13H2,1-4H3. The zero-order valence-electron chi connectivity index (χ0n) is 13.3. The van der Waals surface area contributed by atoms with Crippen molar-refractivity contribution in [2.45, 2.75) is 71.3 Å². The van der Waals surface area contributed by atoms with Gasteiger partial charge in [-0.3, -0.25) is 4.79 Å². The van der Waals surface area contributed by atoms with E-state index in [2.05, 4.69) is 26.1 Å². The first-order valence-corrected chi connectivity index (χ1v) is 8.02. The molecule has 0 aromatic rings. The minimum atomic E-state index is 0.269. The highest BCUT2D eigenvalue weighted by molar-refractivity contribution is 5.79. The molecule has 1 rings (SSSR count). The molecule has 1 N–H and O–H groups in total. The van der Waals surface area contributed by atoms with Crippen molar-refractivity contribution in [2.24, 2.45) is 5.92 Å². The molecule has 0 radical (unpaired) electrons. The molecule has 0 saturated heterocycles. The van der Waals surface area contributed by atoms with E-state index in [1.165, 1.54) is 19.3 Å². The van der Waals surface area contributed by atoms with Gasteiger partial charge >= 0.3 is 0 Å². The van der Waals surface area contributed by atoms with Crippen molar-refractivity contribution < 1.29 is 4.79 Å². The molecule has 3 heteroatoms. The molecule has 0 aromatic heterocycles. The van der Waals surface area contributed by atoms with Gasteiger partial charge in [0.15, 0.2) is 0 Å². The molecule has 112 valence electrons. The third-order valence-electron chi connectivity index (χ3n) is 4.63. The molecule has 1 fully saturated rings. The monoisotopic (exact) mass is 268 g/mol. The van der Waals surface area contributed by atoms with Gasteiger partial charge in [0.2, 0.25) is 5.91 Å². The second kappa shape index (κ2) is 7.88. The van der Waals surface area contributed by atoms with Crippen molar-refractivity contribution in [2.75, 3.05) is 20.1 Å². The van der Waals surface area contributed by atoms with E-state index in [1.807, 2.05) is 11.9 Å². The Morgan fingerprint density at radius 1 is 1.37 bits per heavy atom. The Morgan fingerprint density at radius 2 is 2.05 bits per heavy atom. The fourth-order valence-corrected chi connectivity index (χ4v) is 2.73. The molecule has 0 aliphatic heterocycles. The van der Waals surface area contributed by atoms with Gasteiger partial charge in [0.1, 0.15) is 0 Å². The Bertz CT molecular complexity index is 276. The van der Waals surface area contributed by atoms with Gasteiger partial charge in [0.25, 0.3) is 0 Å². The first-order valence-electron chi connectivity index (χ1n) is 8.02. The highest BCUT2D eigenvalue weighted by Crippen LogP contribution is 2.27. The van der Waals surface area contributed by atoms with Crippen LogP contribution < -0.4 is 5.32 Å². The fraction of sp³-hybridized carbons (Fsp3) is 0.938. The summed E-state index contributed by atoms with van der Waals surface area (Å²) >= 11 is 0. The summed E-state index contributed by atoms with van der Waals surface area (Å²) < 4.78 is 0. The fourth-order valence-electron chi connectivity index (χ4n) is 2.73. The predicted molar refractivity (Wildman–Crippen MR) is 81.2 cm³/mol. The second-order valence-corrected chi connectivity index (χ2v) is 6.33. The van der Waals surface area contributed by atoms with Crippen LogP contribution in [0.3, 0.4) is 0 Å². The topological polar surface area (TPSA) is 32.3 Å². The van der Waals surface area contributed by atoms with Gasteiger partial charge in [-0.15, -0.1) is 0 Å². The zero-order chi connectivity index (χ0) is 14.3. The Hall–Kier alpha value is -0.570. The van der Waals surface area contributed by atoms with E-state index in [-0.39, 0.29) is 5.54 Å². The molecule has 0 heterocycles. The molecule has 1 saturated carbocycles. The van der Waals surface area contributed by atoms with Gasteiger partial charge in [-0.1, -0.05) is 26.7 Å². The van der Waals surface area contributed by atoms with Crippen molar-refractivity contribution >= 4 is 5.91 Å². The second-order valence-electron chi connectivity index (χ2n) is 6.33. The summed E-state index contributed by atoms with van der Waals surface area (Å²) in [5, 5.41) is 3.66. The van der Waals surface area contributed by atoms with Crippen molar-refractivity contribution in [3.05, 3.63) is 0 Å². The first kappa shape index (κ1) is 16.5. The van der Waals surface area contributed by atoms with Crippen LogP contribution in [0.15, 0.2) is 0 Å². The van der Waals surface area contributed by atoms with Crippen LogP contribution in [0, 0.1) is 5.92 Å². The minimum absolute atomic E-state index is 0.269. The summed E-state index contributed by atoms with van der Waals surface area (Å²) in [5.41, 5.74) is 0.269. The van der Waals surface area contributed by atoms with Crippen molar-refractivity contribution in [1.82, 2.24) is 10.2 Å². The number of hydrogen-bond acceptors (Lipinski definition) is 2. The van der Waals surface area contributed by atoms with Crippen LogP contribution in [0.25, 0.3) is 0 Å². The van der Waals surface area contributed by atoms with Crippen LogP contribution in [-0.2, 0) is 4.79 Å². The average molecular weight is 268 g/mol. The van der Waals surface area contributed by atoms with E-state index >= 15 is 0 Å². The molecule has 1 atom stereocenters. The molecule has 1 unspecified atom stereocenters. The number of nitrogens with one attached hydrogen (secondary N) is 1. The van der Waals surface area contributed by atoms with Crippen molar-refractivity contribution in [3.63, 3.8) is 0 Å². The lowest BCUT2D eigenvalue weighted by atomic mass is 9.84. The van der Waals surface area contributed by atoms with Gasteiger partial charge in [-0.2, -0.15) is 0 Å². The highest BCUT2D eigenvalue weighted by Gasteiger charge is 2.27. The molecule has 3 nitrogen and oxygen atoms in total. The maximum Gasteiger partial charge on any atom is 0.225 e. The average Bonchev–Trinajstić information content (AvgIpc) is 2.32. The third-order valence-corrected chi connectivity index (χ3v) is 4.63. The largest absolute Gasteiger partial charge is 0.345 e. The normalized spacial score (nSPS) is 18.7. The summed E-state index contributed by atoms with van der Waals surface area (Å²) in [6.07, 6.45) is 8.10. The van der Waals surface area contributed by atoms with Crippen LogP contribution >= 0.6 is 0 Å². The molecular formula is C16H32N2O. The maximum absolute atomic E-state index is 12.0. The predicted octanol–water partition coefficient (Wildman–Crippen LogP) is 3.19. The summed E-state index contributed by atoms with van der Waals surface area (Å²) in [5.74, 6) is 0.692. The van der Waals surface area contributed by atoms with Crippen molar-refractivity contribution in [3.8, 4) is 0 Å². The van der Waals surface area contributed by atoms with Crippen LogP contribution in [0.5, 0.6) is 0 Å². The van der Waals surface area contributed by atoms with Gasteiger partial charge in [0, 0.05) is 25.0 Å². The smallest absolute Gasteiger partial charge is 0.225 e. The number of hydrogen-bond donors (Lipinski definition) is 1. The quantitative estimate of drug-likeness (QED) is 0.651. The lowest BCUT2D eigenvalue weighted by molar-refractivity contribution is -0.136. The Kier molecular flexibility index (Phi) is 6.84. The van der Waals surface area contributed by atoms with Gasteiger partial charge in [-0.05, 0) is 45.6 Å². The maximum atomic E-state index is 12.0. The first-order chi connectivity index (χ1) is 9.02. The summed E-state index contributed by atoms with van der Waals surface area (Å²) in [6, 6.07) is 0. The Balaban J connectivity index is 2.17. The van der Waals surface area contributed by atoms with E-state index in [1.54, 1.807) is 0 Å². The Labute approximate surface area is 119 Å². The van der Waals surface area contributed by atoms with Crippen LogP contribution in [-0.4, -0.2) is 36.5 Å². The highest BCUT2D eigenvalue weighted by atomic mass is 16.2. The lowest BCUT2D eigenvalue weighted by Crippen LogP contribution is -2.43. The van der Waals surface area contributed by atoms with Crippen LogP contribution in [0.2, 0.25) is 0 Å². The summed E-state index contributed by atoms with van der Waals surface area (Å²) in [6.45, 7) is 8.68. The zero-order valence-corrected chi connectivity index (χ0v) is 13.3. The molecule has 19 heavy (non-hydrogen) atoms. The molecule has 1 amide bonds. The van der Waals surface area contributed by atoms with E-state index in [4.69, 9.17) is 0 Å². The molecule has 0 spiro atoms. The molecule has 1 aliphatic carbocycles. The van der Waals surface area contributed by atoms with Gasteiger partial charge < -0.3 is 10.2 Å². The molecule has 0 aromatic carbocycles. The lowest BCUT2D eigenvalue weighted by Gasteiger charge is -2.31. The van der Waals surface area contributed by atoms with E-state index in [0.717, 1.165) is 38.8 Å². The number of amides is 1. The Morgan fingerprint density at radius 3 is 2.53 bits per heavy atom. The number of nitrogens with zero attached hydrogens (tertiary/aromatic N) is 1. The molecule has 0 bridgehead atoms. The summed E-state index contributed by atoms with van der Waals surface area (Å²) in [7, 11) is 1.95. The van der Waals surface area contributed by atoms with Gasteiger partial charge in [0.05, 0.1) is 0 Å². The number of rotatable bonds is 9. The third kappa shape index (κ3) is 5.13. The van der Waals surface area contributed by atoms with Crippen LogP contribution in [0.1, 0.15) is 65.7 Å². The van der Waals surface area contributed by atoms with E-state index in [0.29, 0.717) is 11.8 Å². The number of carbonyl (C=O) groups is 1. The van der Waals surface area contributed by atoms with Crippen molar-refractivity contribution in [1.29, 1.82) is 0 Å².